The topological polar surface area (TPSA) is 64.0 Å². The lowest BCUT2D eigenvalue weighted by Crippen LogP contribution is -2.23. The summed E-state index contributed by atoms with van der Waals surface area (Å²) in [4.78, 5) is 29.3. The van der Waals surface area contributed by atoms with E-state index in [1.807, 2.05) is 19.1 Å². The van der Waals surface area contributed by atoms with E-state index in [0.29, 0.717) is 38.3 Å². The van der Waals surface area contributed by atoms with Crippen LogP contribution in [0.15, 0.2) is 52.4 Å². The van der Waals surface area contributed by atoms with Crippen molar-refractivity contribution < 1.29 is 4.79 Å². The van der Waals surface area contributed by atoms with Crippen molar-refractivity contribution in [2.45, 2.75) is 18.6 Å². The van der Waals surface area contributed by atoms with Crippen molar-refractivity contribution in [3.05, 3.63) is 62.9 Å². The Morgan fingerprint density at radius 1 is 1.23 bits per heavy atom. The number of hydrogen-bond donors (Lipinski definition) is 1. The maximum Gasteiger partial charge on any atom is 0.262 e. The van der Waals surface area contributed by atoms with Crippen molar-refractivity contribution in [2.24, 2.45) is 0 Å². The van der Waals surface area contributed by atoms with Crippen LogP contribution in [0.25, 0.3) is 10.9 Å². The van der Waals surface area contributed by atoms with E-state index >= 15 is 0 Å². The Labute approximate surface area is 164 Å². The van der Waals surface area contributed by atoms with Crippen LogP contribution in [0.3, 0.4) is 0 Å². The minimum absolute atomic E-state index is 0.101. The molecule has 0 fully saturated rings. The molecule has 1 amide bonds. The molecule has 0 spiro atoms. The summed E-state index contributed by atoms with van der Waals surface area (Å²) in [5.74, 6) is -0.145. The highest BCUT2D eigenvalue weighted by molar-refractivity contribution is 7.99. The third-order valence-electron chi connectivity index (χ3n) is 3.68. The Morgan fingerprint density at radius 3 is 2.73 bits per heavy atom. The number of benzene rings is 2. The lowest BCUT2D eigenvalue weighted by Gasteiger charge is -2.11. The zero-order chi connectivity index (χ0) is 18.7. The van der Waals surface area contributed by atoms with Gasteiger partial charge in [-0.25, -0.2) is 4.98 Å². The van der Waals surface area contributed by atoms with Gasteiger partial charge in [0.1, 0.15) is 0 Å². The van der Waals surface area contributed by atoms with E-state index in [-0.39, 0.29) is 17.2 Å². The van der Waals surface area contributed by atoms with Crippen LogP contribution in [0.4, 0.5) is 5.69 Å². The summed E-state index contributed by atoms with van der Waals surface area (Å²) < 4.78 is 1.57. The average molecular weight is 408 g/mol. The number of fused-ring (bicyclic) bond motifs is 1. The molecule has 134 valence electrons. The van der Waals surface area contributed by atoms with Gasteiger partial charge in [0.25, 0.3) is 5.56 Å². The molecule has 0 aliphatic carbocycles. The van der Waals surface area contributed by atoms with Gasteiger partial charge in [0, 0.05) is 11.6 Å². The highest BCUT2D eigenvalue weighted by atomic mass is 35.5. The molecule has 3 aromatic rings. The highest BCUT2D eigenvalue weighted by Crippen LogP contribution is 2.26. The predicted molar refractivity (Wildman–Crippen MR) is 107 cm³/mol. The Bertz CT molecular complexity index is 1040. The van der Waals surface area contributed by atoms with E-state index in [2.05, 4.69) is 10.3 Å². The normalized spacial score (nSPS) is 10.9. The number of carbonyl (C=O) groups excluding carboxylic acids is 1. The number of anilines is 1. The van der Waals surface area contributed by atoms with Gasteiger partial charge in [-0.3, -0.25) is 14.2 Å². The number of aromatic nitrogens is 2. The average Bonchev–Trinajstić information content (AvgIpc) is 2.62. The van der Waals surface area contributed by atoms with Gasteiger partial charge in [0.15, 0.2) is 5.16 Å². The molecule has 5 nitrogen and oxygen atoms in total. The number of amides is 1. The van der Waals surface area contributed by atoms with Gasteiger partial charge in [-0.1, -0.05) is 47.1 Å². The molecule has 0 aliphatic heterocycles. The second-order valence-electron chi connectivity index (χ2n) is 5.42. The minimum atomic E-state index is -0.246. The molecule has 1 N–H and O–H groups in total. The van der Waals surface area contributed by atoms with Crippen LogP contribution in [0.1, 0.15) is 6.92 Å². The number of thioether (sulfide) groups is 1. The number of nitrogens with one attached hydrogen (secondary N) is 1. The molecule has 1 heterocycles. The second-order valence-corrected chi connectivity index (χ2v) is 7.21. The molecule has 0 radical (unpaired) electrons. The van der Waals surface area contributed by atoms with Crippen molar-refractivity contribution in [1.82, 2.24) is 9.55 Å². The first-order valence-corrected chi connectivity index (χ1v) is 9.61. The van der Waals surface area contributed by atoms with E-state index in [1.54, 1.807) is 34.9 Å². The van der Waals surface area contributed by atoms with Gasteiger partial charge in [-0.05, 0) is 37.3 Å². The molecule has 8 heteroatoms. The smallest absolute Gasteiger partial charge is 0.262 e. The summed E-state index contributed by atoms with van der Waals surface area (Å²) in [6.07, 6.45) is 0. The SMILES string of the molecule is CCn1c(SCC(=O)Nc2ccc(Cl)cc2Cl)nc2ccccc2c1=O. The number of nitrogens with zero attached hydrogens (tertiary/aromatic N) is 2. The monoisotopic (exact) mass is 407 g/mol. The molecular formula is C18H15Cl2N3O2S. The van der Waals surface area contributed by atoms with Crippen molar-refractivity contribution >= 4 is 57.5 Å². The molecule has 3 rings (SSSR count). The summed E-state index contributed by atoms with van der Waals surface area (Å²) in [6.45, 7) is 2.35. The van der Waals surface area contributed by atoms with Crippen LogP contribution >= 0.6 is 35.0 Å². The fourth-order valence-corrected chi connectivity index (χ4v) is 3.76. The fourth-order valence-electron chi connectivity index (χ4n) is 2.44. The Kier molecular flexibility index (Phi) is 5.86. The van der Waals surface area contributed by atoms with Gasteiger partial charge in [-0.2, -0.15) is 0 Å². The largest absolute Gasteiger partial charge is 0.324 e. The first-order chi connectivity index (χ1) is 12.5. The lowest BCUT2D eigenvalue weighted by molar-refractivity contribution is -0.113. The van der Waals surface area contributed by atoms with Crippen LogP contribution in [0.5, 0.6) is 0 Å². The molecule has 0 saturated carbocycles. The number of carbonyl (C=O) groups is 1. The van der Waals surface area contributed by atoms with Crippen molar-refractivity contribution in [3.8, 4) is 0 Å². The van der Waals surface area contributed by atoms with E-state index in [0.717, 1.165) is 0 Å². The Balaban J connectivity index is 1.78. The van der Waals surface area contributed by atoms with Crippen LogP contribution in [0, 0.1) is 0 Å². The number of rotatable bonds is 5. The summed E-state index contributed by atoms with van der Waals surface area (Å²) in [7, 11) is 0. The number of para-hydroxylation sites is 1. The molecule has 26 heavy (non-hydrogen) atoms. The molecular weight excluding hydrogens is 393 g/mol. The number of hydrogen-bond acceptors (Lipinski definition) is 4. The molecule has 0 bridgehead atoms. The van der Waals surface area contributed by atoms with Gasteiger partial charge in [-0.15, -0.1) is 0 Å². The first-order valence-electron chi connectivity index (χ1n) is 7.87. The molecule has 1 aromatic heterocycles. The molecule has 0 aliphatic rings. The van der Waals surface area contributed by atoms with Crippen LogP contribution in [-0.2, 0) is 11.3 Å². The fraction of sp³-hybridized carbons (Fsp3) is 0.167. The van der Waals surface area contributed by atoms with Crippen LogP contribution in [0.2, 0.25) is 10.0 Å². The third kappa shape index (κ3) is 4.03. The Hall–Kier alpha value is -2.02. The van der Waals surface area contributed by atoms with Gasteiger partial charge >= 0.3 is 0 Å². The molecule has 0 saturated heterocycles. The molecule has 0 unspecified atom stereocenters. The van der Waals surface area contributed by atoms with E-state index < -0.39 is 0 Å². The Morgan fingerprint density at radius 2 is 2.00 bits per heavy atom. The summed E-state index contributed by atoms with van der Waals surface area (Å²) >= 11 is 13.1. The lowest BCUT2D eigenvalue weighted by atomic mass is 10.2. The maximum absolute atomic E-state index is 12.6. The van der Waals surface area contributed by atoms with Gasteiger partial charge in [0.05, 0.1) is 27.4 Å². The van der Waals surface area contributed by atoms with Crippen LogP contribution in [-0.4, -0.2) is 21.2 Å². The second kappa shape index (κ2) is 8.12. The quantitative estimate of drug-likeness (QED) is 0.500. The van der Waals surface area contributed by atoms with E-state index in [4.69, 9.17) is 23.2 Å². The summed E-state index contributed by atoms with van der Waals surface area (Å²) in [5, 5.41) is 4.67. The predicted octanol–water partition coefficient (Wildman–Crippen LogP) is 4.45. The van der Waals surface area contributed by atoms with Gasteiger partial charge in [0.2, 0.25) is 5.91 Å². The van der Waals surface area contributed by atoms with Crippen molar-refractivity contribution in [1.29, 1.82) is 0 Å². The van der Waals surface area contributed by atoms with Crippen molar-refractivity contribution in [2.75, 3.05) is 11.1 Å². The van der Waals surface area contributed by atoms with E-state index in [9.17, 15) is 9.59 Å². The first kappa shape index (κ1) is 18.8. The summed E-state index contributed by atoms with van der Waals surface area (Å²) in [6, 6.07) is 12.0. The standard InChI is InChI=1S/C18H15Cl2N3O2S/c1-2-23-17(25)12-5-3-4-6-14(12)22-18(23)26-10-16(24)21-15-8-7-11(19)9-13(15)20/h3-9H,2,10H2,1H3,(H,21,24). The highest BCUT2D eigenvalue weighted by Gasteiger charge is 2.13. The third-order valence-corrected chi connectivity index (χ3v) is 5.20. The molecule has 2 aromatic carbocycles. The van der Waals surface area contributed by atoms with Gasteiger partial charge < -0.3 is 5.32 Å². The minimum Gasteiger partial charge on any atom is -0.324 e. The molecule has 0 atom stereocenters. The number of halogens is 2. The van der Waals surface area contributed by atoms with Crippen LogP contribution < -0.4 is 10.9 Å². The zero-order valence-electron chi connectivity index (χ0n) is 13.8. The van der Waals surface area contributed by atoms with Crippen molar-refractivity contribution in [3.63, 3.8) is 0 Å². The van der Waals surface area contributed by atoms with E-state index in [1.165, 1.54) is 11.8 Å². The summed E-state index contributed by atoms with van der Waals surface area (Å²) in [5.41, 5.74) is 0.994. The maximum atomic E-state index is 12.6. The zero-order valence-corrected chi connectivity index (χ0v) is 16.2.